The van der Waals surface area contributed by atoms with E-state index in [0.717, 1.165) is 37.8 Å². The van der Waals surface area contributed by atoms with Crippen LogP contribution in [0.2, 0.25) is 0 Å². The minimum absolute atomic E-state index is 0.141. The molecule has 110 valence electrons. The number of nitrogens with two attached hydrogens (primary N) is 1. The van der Waals surface area contributed by atoms with Gasteiger partial charge in [0.1, 0.15) is 11.6 Å². The number of benzene rings is 1. The molecule has 0 heterocycles. The molecule has 2 unspecified atom stereocenters. The van der Waals surface area contributed by atoms with Crippen molar-refractivity contribution < 1.29 is 13.6 Å². The molecule has 0 aliphatic heterocycles. The molecule has 1 amide bonds. The van der Waals surface area contributed by atoms with Crippen molar-refractivity contribution in [2.75, 3.05) is 6.54 Å². The largest absolute Gasteiger partial charge is 0.345 e. The molecule has 2 rings (SSSR count). The van der Waals surface area contributed by atoms with Crippen LogP contribution in [0.4, 0.5) is 8.78 Å². The van der Waals surface area contributed by atoms with Crippen LogP contribution in [0.5, 0.6) is 0 Å². The van der Waals surface area contributed by atoms with Gasteiger partial charge < -0.3 is 11.1 Å². The van der Waals surface area contributed by atoms with Gasteiger partial charge in [-0.3, -0.25) is 4.79 Å². The summed E-state index contributed by atoms with van der Waals surface area (Å²) in [7, 11) is 0. The van der Waals surface area contributed by atoms with Crippen molar-refractivity contribution in [3.05, 3.63) is 35.4 Å². The Kier molecular flexibility index (Phi) is 4.38. The predicted octanol–water partition coefficient (Wildman–Crippen LogP) is 2.60. The first-order valence-electron chi connectivity index (χ1n) is 6.93. The third-order valence-electron chi connectivity index (χ3n) is 4.04. The van der Waals surface area contributed by atoms with Gasteiger partial charge in [-0.25, -0.2) is 8.78 Å². The van der Waals surface area contributed by atoms with Crippen molar-refractivity contribution in [1.29, 1.82) is 0 Å². The lowest BCUT2D eigenvalue weighted by atomic mass is 9.76. The number of nitrogens with one attached hydrogen (secondary N) is 1. The number of hydrogen-bond donors (Lipinski definition) is 2. The second kappa shape index (κ2) is 5.87. The minimum atomic E-state index is -0.849. The van der Waals surface area contributed by atoms with Gasteiger partial charge in [-0.05, 0) is 30.9 Å². The quantitative estimate of drug-likeness (QED) is 0.895. The van der Waals surface area contributed by atoms with Crippen molar-refractivity contribution in [3.63, 3.8) is 0 Å². The summed E-state index contributed by atoms with van der Waals surface area (Å²) in [4.78, 5) is 12.2. The van der Waals surface area contributed by atoms with Crippen molar-refractivity contribution in [1.82, 2.24) is 5.32 Å². The van der Waals surface area contributed by atoms with Crippen molar-refractivity contribution in [2.24, 2.45) is 11.7 Å². The monoisotopic (exact) mass is 282 g/mol. The van der Waals surface area contributed by atoms with Crippen molar-refractivity contribution in [3.8, 4) is 0 Å². The number of hydrogen-bond acceptors (Lipinski definition) is 2. The molecule has 3 nitrogen and oxygen atoms in total. The van der Waals surface area contributed by atoms with Gasteiger partial charge >= 0.3 is 0 Å². The first-order chi connectivity index (χ1) is 9.46. The molecular weight excluding hydrogens is 262 g/mol. The highest BCUT2D eigenvalue weighted by Gasteiger charge is 2.35. The average molecular weight is 282 g/mol. The summed E-state index contributed by atoms with van der Waals surface area (Å²) in [5, 5.41) is 2.86. The molecule has 0 saturated heterocycles. The van der Waals surface area contributed by atoms with E-state index in [-0.39, 0.29) is 5.56 Å². The first kappa shape index (κ1) is 14.9. The summed E-state index contributed by atoms with van der Waals surface area (Å²) >= 11 is 0. The smallest absolute Gasteiger partial charge is 0.254 e. The Labute approximate surface area is 117 Å². The van der Waals surface area contributed by atoms with Crippen LogP contribution in [0.25, 0.3) is 0 Å². The molecule has 0 aromatic heterocycles. The second-order valence-electron chi connectivity index (χ2n) is 5.76. The van der Waals surface area contributed by atoms with Gasteiger partial charge in [-0.15, -0.1) is 0 Å². The molecule has 2 atom stereocenters. The van der Waals surface area contributed by atoms with E-state index in [1.165, 1.54) is 0 Å². The lowest BCUT2D eigenvalue weighted by molar-refractivity contribution is 0.0849. The summed E-state index contributed by atoms with van der Waals surface area (Å²) < 4.78 is 26.5. The molecule has 3 N–H and O–H groups in total. The lowest BCUT2D eigenvalue weighted by Crippen LogP contribution is -2.56. The molecule has 0 radical (unpaired) electrons. The highest BCUT2D eigenvalue weighted by Crippen LogP contribution is 2.32. The normalized spacial score (nSPS) is 26.3. The Morgan fingerprint density at radius 3 is 2.85 bits per heavy atom. The number of halogens is 2. The zero-order valence-corrected chi connectivity index (χ0v) is 11.6. The van der Waals surface area contributed by atoms with Crippen LogP contribution in [0, 0.1) is 17.6 Å². The molecule has 1 aliphatic carbocycles. The summed E-state index contributed by atoms with van der Waals surface area (Å²) in [5.41, 5.74) is 5.20. The Balaban J connectivity index is 2.16. The molecule has 1 fully saturated rings. The molecular formula is C15H20F2N2O. The Morgan fingerprint density at radius 1 is 1.50 bits per heavy atom. The highest BCUT2D eigenvalue weighted by molar-refractivity contribution is 5.95. The number of amides is 1. The summed E-state index contributed by atoms with van der Waals surface area (Å²) in [6.45, 7) is 2.44. The molecule has 1 aromatic rings. The van der Waals surface area contributed by atoms with Crippen LogP contribution in [0.3, 0.4) is 0 Å². The van der Waals surface area contributed by atoms with E-state index < -0.39 is 23.1 Å². The molecule has 5 heteroatoms. The fraction of sp³-hybridized carbons (Fsp3) is 0.533. The second-order valence-corrected chi connectivity index (χ2v) is 5.76. The highest BCUT2D eigenvalue weighted by atomic mass is 19.1. The Bertz CT molecular complexity index is 507. The molecule has 1 aliphatic rings. The Morgan fingerprint density at radius 2 is 2.25 bits per heavy atom. The predicted molar refractivity (Wildman–Crippen MR) is 73.2 cm³/mol. The van der Waals surface area contributed by atoms with Gasteiger partial charge in [-0.2, -0.15) is 0 Å². The SMILES string of the molecule is CC1CCCC(CN)(NC(=O)c2ccc(F)cc2F)C1. The maximum absolute atomic E-state index is 13.6. The van der Waals surface area contributed by atoms with Crippen LogP contribution in [0.15, 0.2) is 18.2 Å². The van der Waals surface area contributed by atoms with E-state index in [9.17, 15) is 13.6 Å². The fourth-order valence-electron chi connectivity index (χ4n) is 2.99. The van der Waals surface area contributed by atoms with Crippen LogP contribution >= 0.6 is 0 Å². The standard InChI is InChI=1S/C15H20F2N2O/c1-10-3-2-6-15(8-10,9-18)19-14(20)12-5-4-11(16)7-13(12)17/h4-5,7,10H,2-3,6,8-9,18H2,1H3,(H,19,20). The van der Waals surface area contributed by atoms with Crippen molar-refractivity contribution >= 4 is 5.91 Å². The van der Waals surface area contributed by atoms with Crippen LogP contribution in [0.1, 0.15) is 43.0 Å². The van der Waals surface area contributed by atoms with E-state index in [4.69, 9.17) is 5.73 Å². The lowest BCUT2D eigenvalue weighted by Gasteiger charge is -2.40. The fourth-order valence-corrected chi connectivity index (χ4v) is 2.99. The average Bonchev–Trinajstić information content (AvgIpc) is 2.38. The van der Waals surface area contributed by atoms with Gasteiger partial charge in [0, 0.05) is 12.6 Å². The van der Waals surface area contributed by atoms with Gasteiger partial charge in [0.25, 0.3) is 5.91 Å². The molecule has 0 bridgehead atoms. The first-order valence-corrected chi connectivity index (χ1v) is 6.93. The van der Waals surface area contributed by atoms with E-state index in [1.54, 1.807) is 0 Å². The topological polar surface area (TPSA) is 55.1 Å². The van der Waals surface area contributed by atoms with Gasteiger partial charge in [-0.1, -0.05) is 19.8 Å². The maximum Gasteiger partial charge on any atom is 0.254 e. The van der Waals surface area contributed by atoms with Crippen LogP contribution in [-0.4, -0.2) is 18.0 Å². The van der Waals surface area contributed by atoms with Gasteiger partial charge in [0.2, 0.25) is 0 Å². The van der Waals surface area contributed by atoms with Crippen LogP contribution < -0.4 is 11.1 Å². The number of carbonyl (C=O) groups is 1. The third-order valence-corrected chi connectivity index (χ3v) is 4.04. The Hall–Kier alpha value is -1.49. The minimum Gasteiger partial charge on any atom is -0.345 e. The number of carbonyl (C=O) groups excluding carboxylic acids is 1. The summed E-state index contributed by atoms with van der Waals surface area (Å²) in [6.07, 6.45) is 3.69. The van der Waals surface area contributed by atoms with Crippen molar-refractivity contribution in [2.45, 2.75) is 38.1 Å². The van der Waals surface area contributed by atoms with E-state index in [1.807, 2.05) is 0 Å². The third kappa shape index (κ3) is 3.15. The summed E-state index contributed by atoms with van der Waals surface area (Å²) in [5.74, 6) is -1.59. The summed E-state index contributed by atoms with van der Waals surface area (Å²) in [6, 6.07) is 2.96. The maximum atomic E-state index is 13.6. The number of rotatable bonds is 3. The van der Waals surface area contributed by atoms with E-state index in [0.29, 0.717) is 18.5 Å². The zero-order chi connectivity index (χ0) is 14.8. The molecule has 20 heavy (non-hydrogen) atoms. The van der Waals surface area contributed by atoms with E-state index >= 15 is 0 Å². The van der Waals surface area contributed by atoms with Crippen LogP contribution in [-0.2, 0) is 0 Å². The molecule has 1 saturated carbocycles. The van der Waals surface area contributed by atoms with Gasteiger partial charge in [0.15, 0.2) is 0 Å². The van der Waals surface area contributed by atoms with E-state index in [2.05, 4.69) is 12.2 Å². The van der Waals surface area contributed by atoms with Gasteiger partial charge in [0.05, 0.1) is 11.1 Å². The molecule has 0 spiro atoms. The molecule has 1 aromatic carbocycles. The zero-order valence-electron chi connectivity index (χ0n) is 11.6.